The second-order valence-electron chi connectivity index (χ2n) is 8.91. The van der Waals surface area contributed by atoms with Crippen molar-refractivity contribution in [2.45, 2.75) is 48.8 Å². The van der Waals surface area contributed by atoms with Crippen LogP contribution in [0.4, 0.5) is 0 Å². The van der Waals surface area contributed by atoms with Gasteiger partial charge in [-0.1, -0.05) is 0 Å². The van der Waals surface area contributed by atoms with Crippen molar-refractivity contribution >= 4 is 0 Å². The predicted octanol–water partition coefficient (Wildman–Crippen LogP) is 0.416. The molecule has 10 atom stereocenters. The molecule has 2 aliphatic heterocycles. The van der Waals surface area contributed by atoms with E-state index in [0.717, 1.165) is 0 Å². The molecule has 0 aromatic heterocycles. The Morgan fingerprint density at radius 2 is 0.771 bits per heavy atom. The Hall–Kier alpha value is -0.440. The van der Waals surface area contributed by atoms with E-state index >= 15 is 0 Å². The average Bonchev–Trinajstić information content (AvgIpc) is 2.86. The summed E-state index contributed by atoms with van der Waals surface area (Å²) in [4.78, 5) is 0. The summed E-state index contributed by atoms with van der Waals surface area (Å²) >= 11 is 0. The van der Waals surface area contributed by atoms with Crippen LogP contribution in [0.5, 0.6) is 0 Å². The summed E-state index contributed by atoms with van der Waals surface area (Å²) in [7, 11) is 13.2. The monoisotopic (exact) mass is 510 g/mol. The summed E-state index contributed by atoms with van der Waals surface area (Å²) in [5.41, 5.74) is 0. The van der Waals surface area contributed by atoms with Crippen molar-refractivity contribution in [1.82, 2.24) is 0 Å². The van der Waals surface area contributed by atoms with Gasteiger partial charge in [-0.2, -0.15) is 0 Å². The molecule has 0 saturated carbocycles. The molecule has 0 aromatic rings. The topological polar surface area (TPSA) is 102 Å². The predicted molar refractivity (Wildman–Crippen MR) is 126 cm³/mol. The first-order valence-electron chi connectivity index (χ1n) is 12.0. The Labute approximate surface area is 209 Å². The highest BCUT2D eigenvalue weighted by Gasteiger charge is 2.48. The van der Waals surface area contributed by atoms with Gasteiger partial charge in [0, 0.05) is 68.7 Å². The summed E-state index contributed by atoms with van der Waals surface area (Å²) in [5, 5.41) is 0. The average molecular weight is 511 g/mol. The lowest BCUT2D eigenvalue weighted by molar-refractivity contribution is -0.255. The molecule has 11 heteroatoms. The largest absolute Gasteiger partial charge is 0.384 e. The Balaban J connectivity index is 2.12. The zero-order chi connectivity index (χ0) is 25.8. The van der Waals surface area contributed by atoms with Crippen LogP contribution in [0.3, 0.4) is 0 Å². The molecular weight excluding hydrogens is 464 g/mol. The molecule has 2 aliphatic rings. The number of hydrogen-bond acceptors (Lipinski definition) is 11. The van der Waals surface area contributed by atoms with Crippen LogP contribution < -0.4 is 0 Å². The van der Waals surface area contributed by atoms with Gasteiger partial charge in [0.15, 0.2) is 0 Å². The zero-order valence-corrected chi connectivity index (χ0v) is 22.5. The minimum absolute atomic E-state index is 0.0398. The van der Waals surface area contributed by atoms with Crippen LogP contribution in [0, 0.1) is 11.8 Å². The van der Waals surface area contributed by atoms with Crippen molar-refractivity contribution in [3.8, 4) is 0 Å². The van der Waals surface area contributed by atoms with E-state index in [-0.39, 0.29) is 60.7 Å². The molecule has 35 heavy (non-hydrogen) atoms. The van der Waals surface area contributed by atoms with Gasteiger partial charge >= 0.3 is 0 Å². The quantitative estimate of drug-likeness (QED) is 0.289. The molecule has 10 unspecified atom stereocenters. The standard InChI is InChI=1S/C24H46O11/c1-25-9-15-17(11-26-2)35-20(24(32-8)21(15)29-5)14-33-10-16-18(12-27-3)34-19(13-28-4)23(31-7)22(16)30-6/h15-24H,9-14H2,1-8H3. The van der Waals surface area contributed by atoms with E-state index in [4.69, 9.17) is 52.1 Å². The Bertz CT molecular complexity index is 554. The fourth-order valence-corrected chi connectivity index (χ4v) is 5.33. The number of rotatable bonds is 16. The maximum atomic E-state index is 6.37. The maximum Gasteiger partial charge on any atom is 0.112 e. The van der Waals surface area contributed by atoms with Crippen molar-refractivity contribution in [3.05, 3.63) is 0 Å². The second-order valence-corrected chi connectivity index (χ2v) is 8.91. The van der Waals surface area contributed by atoms with Crippen molar-refractivity contribution in [3.63, 3.8) is 0 Å². The van der Waals surface area contributed by atoms with Crippen LogP contribution in [0.25, 0.3) is 0 Å². The lowest BCUT2D eigenvalue weighted by Crippen LogP contribution is -2.60. The molecule has 0 radical (unpaired) electrons. The van der Waals surface area contributed by atoms with E-state index in [0.29, 0.717) is 39.6 Å². The number of ether oxygens (including phenoxy) is 11. The summed E-state index contributed by atoms with van der Waals surface area (Å²) < 4.78 is 63.7. The lowest BCUT2D eigenvalue weighted by atomic mass is 9.86. The fourth-order valence-electron chi connectivity index (χ4n) is 5.33. The highest BCUT2D eigenvalue weighted by Crippen LogP contribution is 2.33. The van der Waals surface area contributed by atoms with Gasteiger partial charge < -0.3 is 52.1 Å². The molecule has 2 fully saturated rings. The van der Waals surface area contributed by atoms with E-state index in [1.807, 2.05) is 0 Å². The van der Waals surface area contributed by atoms with E-state index < -0.39 is 0 Å². The van der Waals surface area contributed by atoms with Crippen molar-refractivity contribution in [2.75, 3.05) is 96.5 Å². The highest BCUT2D eigenvalue weighted by atomic mass is 16.6. The third-order valence-corrected chi connectivity index (χ3v) is 6.91. The third kappa shape index (κ3) is 7.78. The molecule has 0 N–H and O–H groups in total. The smallest absolute Gasteiger partial charge is 0.112 e. The Kier molecular flexibility index (Phi) is 14.4. The van der Waals surface area contributed by atoms with E-state index in [2.05, 4.69) is 0 Å². The zero-order valence-electron chi connectivity index (χ0n) is 22.5. The minimum atomic E-state index is -0.357. The van der Waals surface area contributed by atoms with E-state index in [1.54, 1.807) is 56.9 Å². The molecular formula is C24H46O11. The van der Waals surface area contributed by atoms with Gasteiger partial charge in [-0.05, 0) is 0 Å². The van der Waals surface area contributed by atoms with Crippen LogP contribution in [0.1, 0.15) is 0 Å². The van der Waals surface area contributed by atoms with Gasteiger partial charge in [-0.3, -0.25) is 0 Å². The molecule has 0 aliphatic carbocycles. The van der Waals surface area contributed by atoms with E-state index in [1.165, 1.54) is 0 Å². The molecule has 208 valence electrons. The van der Waals surface area contributed by atoms with Crippen LogP contribution in [0.2, 0.25) is 0 Å². The van der Waals surface area contributed by atoms with Crippen LogP contribution in [-0.4, -0.2) is 145 Å². The first kappa shape index (κ1) is 30.8. The number of hydrogen-bond donors (Lipinski definition) is 0. The van der Waals surface area contributed by atoms with Crippen LogP contribution in [-0.2, 0) is 52.1 Å². The SMILES string of the molecule is COCC1OC(COCC2C(COC)OC(COC)C(OC)C2OC)C(OC)C(OC)C1COC. The van der Waals surface area contributed by atoms with E-state index in [9.17, 15) is 0 Å². The summed E-state index contributed by atoms with van der Waals surface area (Å²) in [6.07, 6.45) is -2.24. The normalized spacial score (nSPS) is 38.1. The van der Waals surface area contributed by atoms with Gasteiger partial charge in [-0.15, -0.1) is 0 Å². The molecule has 0 spiro atoms. The molecule has 0 aromatic carbocycles. The van der Waals surface area contributed by atoms with Crippen molar-refractivity contribution in [1.29, 1.82) is 0 Å². The van der Waals surface area contributed by atoms with Gasteiger partial charge in [0.25, 0.3) is 0 Å². The van der Waals surface area contributed by atoms with Gasteiger partial charge in [0.1, 0.15) is 24.4 Å². The minimum Gasteiger partial charge on any atom is -0.384 e. The van der Waals surface area contributed by atoms with Crippen LogP contribution >= 0.6 is 0 Å². The molecule has 2 heterocycles. The second kappa shape index (κ2) is 16.4. The molecule has 0 bridgehead atoms. The van der Waals surface area contributed by atoms with Gasteiger partial charge in [-0.25, -0.2) is 0 Å². The maximum absolute atomic E-state index is 6.37. The van der Waals surface area contributed by atoms with Gasteiger partial charge in [0.05, 0.1) is 64.1 Å². The van der Waals surface area contributed by atoms with Gasteiger partial charge in [0.2, 0.25) is 0 Å². The molecule has 2 rings (SSSR count). The first-order chi connectivity index (χ1) is 17.0. The molecule has 2 saturated heterocycles. The van der Waals surface area contributed by atoms with Crippen molar-refractivity contribution < 1.29 is 52.1 Å². The van der Waals surface area contributed by atoms with Crippen LogP contribution in [0.15, 0.2) is 0 Å². The van der Waals surface area contributed by atoms with Crippen molar-refractivity contribution in [2.24, 2.45) is 11.8 Å². The third-order valence-electron chi connectivity index (χ3n) is 6.91. The Morgan fingerprint density at radius 1 is 0.400 bits per heavy atom. The first-order valence-corrected chi connectivity index (χ1v) is 12.0. The number of methoxy groups -OCH3 is 8. The Morgan fingerprint density at radius 3 is 1.17 bits per heavy atom. The fraction of sp³-hybridized carbons (Fsp3) is 1.00. The summed E-state index contributed by atoms with van der Waals surface area (Å²) in [6, 6.07) is 0. The molecule has 11 nitrogen and oxygen atoms in total. The lowest BCUT2D eigenvalue weighted by Gasteiger charge is -2.46. The summed E-state index contributed by atoms with van der Waals surface area (Å²) in [5.74, 6) is -0.168. The summed E-state index contributed by atoms with van der Waals surface area (Å²) in [6.45, 7) is 2.32. The molecule has 0 amide bonds. The highest BCUT2D eigenvalue weighted by molar-refractivity contribution is 4.96.